The Morgan fingerprint density at radius 2 is 1.92 bits per heavy atom. The zero-order valence-corrected chi connectivity index (χ0v) is 13.5. The van der Waals surface area contributed by atoms with E-state index in [-0.39, 0.29) is 12.5 Å². The molecule has 0 spiro atoms. The topological polar surface area (TPSA) is 89.5 Å². The van der Waals surface area contributed by atoms with Crippen LogP contribution in [0.15, 0.2) is 42.6 Å². The zero-order valence-electron chi connectivity index (χ0n) is 13.5. The first-order valence-electron chi connectivity index (χ1n) is 7.44. The van der Waals surface area contributed by atoms with Gasteiger partial charge in [-0.05, 0) is 43.3 Å². The van der Waals surface area contributed by atoms with Crippen LogP contribution < -0.4 is 15.4 Å². The molecule has 7 nitrogen and oxygen atoms in total. The number of esters is 1. The molecule has 0 radical (unpaired) electrons. The Morgan fingerprint density at radius 3 is 2.58 bits per heavy atom. The predicted molar refractivity (Wildman–Crippen MR) is 90.3 cm³/mol. The fraction of sp³-hybridized carbons (Fsp3) is 0.235. The summed E-state index contributed by atoms with van der Waals surface area (Å²) in [5.41, 5.74) is 0.957. The van der Waals surface area contributed by atoms with Gasteiger partial charge in [-0.3, -0.25) is 9.59 Å². The van der Waals surface area contributed by atoms with Gasteiger partial charge in [-0.2, -0.15) is 0 Å². The fourth-order valence-electron chi connectivity index (χ4n) is 1.95. The molecule has 0 bridgehead atoms. The number of aromatic nitrogens is 1. The standard InChI is InChI=1S/C17H19N3O4/c1-3-24-15(21)11-19-16-14(5-4-10-18-16)20-17(22)12-6-8-13(23-2)9-7-12/h4-10H,3,11H2,1-2H3,(H,18,19)(H,20,22). The van der Waals surface area contributed by atoms with Crippen molar-refractivity contribution in [3.63, 3.8) is 0 Å². The minimum absolute atomic E-state index is 0.0315. The van der Waals surface area contributed by atoms with Gasteiger partial charge < -0.3 is 20.1 Å². The number of nitrogens with zero attached hydrogens (tertiary/aromatic N) is 1. The number of ether oxygens (including phenoxy) is 2. The van der Waals surface area contributed by atoms with Crippen molar-refractivity contribution in [1.29, 1.82) is 0 Å². The summed E-state index contributed by atoms with van der Waals surface area (Å²) in [5.74, 6) is 0.387. The van der Waals surface area contributed by atoms with Gasteiger partial charge in [-0.15, -0.1) is 0 Å². The third kappa shape index (κ3) is 4.70. The van der Waals surface area contributed by atoms with E-state index in [0.717, 1.165) is 0 Å². The minimum atomic E-state index is -0.393. The Labute approximate surface area is 140 Å². The SMILES string of the molecule is CCOC(=O)CNc1ncccc1NC(=O)c1ccc(OC)cc1. The number of benzene rings is 1. The third-order valence-corrected chi connectivity index (χ3v) is 3.11. The molecule has 0 saturated carbocycles. The van der Waals surface area contributed by atoms with Gasteiger partial charge in [0.25, 0.3) is 5.91 Å². The lowest BCUT2D eigenvalue weighted by Crippen LogP contribution is -2.19. The van der Waals surface area contributed by atoms with E-state index in [0.29, 0.717) is 29.4 Å². The minimum Gasteiger partial charge on any atom is -0.497 e. The maximum absolute atomic E-state index is 12.3. The van der Waals surface area contributed by atoms with Crippen molar-refractivity contribution in [2.75, 3.05) is 30.9 Å². The Bertz CT molecular complexity index is 701. The Morgan fingerprint density at radius 1 is 1.17 bits per heavy atom. The summed E-state index contributed by atoms with van der Waals surface area (Å²) < 4.78 is 9.91. The van der Waals surface area contributed by atoms with Crippen molar-refractivity contribution < 1.29 is 19.1 Å². The van der Waals surface area contributed by atoms with E-state index in [1.807, 2.05) is 0 Å². The second-order valence-corrected chi connectivity index (χ2v) is 4.74. The van der Waals surface area contributed by atoms with Crippen molar-refractivity contribution in [2.45, 2.75) is 6.92 Å². The number of hydrogen-bond acceptors (Lipinski definition) is 6. The molecule has 7 heteroatoms. The van der Waals surface area contributed by atoms with Crippen LogP contribution in [-0.2, 0) is 9.53 Å². The molecule has 0 atom stereocenters. The van der Waals surface area contributed by atoms with Crippen LogP contribution in [0.4, 0.5) is 11.5 Å². The highest BCUT2D eigenvalue weighted by atomic mass is 16.5. The zero-order chi connectivity index (χ0) is 17.4. The van der Waals surface area contributed by atoms with Crippen molar-refractivity contribution in [3.05, 3.63) is 48.2 Å². The third-order valence-electron chi connectivity index (χ3n) is 3.11. The average molecular weight is 329 g/mol. The summed E-state index contributed by atoms with van der Waals surface area (Å²) >= 11 is 0. The summed E-state index contributed by atoms with van der Waals surface area (Å²) in [6.45, 7) is 2.01. The van der Waals surface area contributed by atoms with E-state index < -0.39 is 5.97 Å². The highest BCUT2D eigenvalue weighted by Crippen LogP contribution is 2.19. The van der Waals surface area contributed by atoms with Crippen molar-refractivity contribution in [3.8, 4) is 5.75 Å². The summed E-state index contributed by atoms with van der Waals surface area (Å²) in [5, 5.41) is 5.62. The van der Waals surface area contributed by atoms with E-state index >= 15 is 0 Å². The van der Waals surface area contributed by atoms with Gasteiger partial charge in [-0.1, -0.05) is 0 Å². The van der Waals surface area contributed by atoms with E-state index in [4.69, 9.17) is 9.47 Å². The van der Waals surface area contributed by atoms with Gasteiger partial charge in [0.15, 0.2) is 0 Å². The summed E-state index contributed by atoms with van der Waals surface area (Å²) in [6.07, 6.45) is 1.57. The van der Waals surface area contributed by atoms with E-state index in [1.54, 1.807) is 56.6 Å². The van der Waals surface area contributed by atoms with Crippen molar-refractivity contribution in [1.82, 2.24) is 4.98 Å². The number of carbonyl (C=O) groups is 2. The number of methoxy groups -OCH3 is 1. The summed E-state index contributed by atoms with van der Waals surface area (Å²) in [7, 11) is 1.56. The second-order valence-electron chi connectivity index (χ2n) is 4.74. The lowest BCUT2D eigenvalue weighted by molar-refractivity contribution is -0.140. The van der Waals surface area contributed by atoms with Gasteiger partial charge >= 0.3 is 5.97 Å². The molecular weight excluding hydrogens is 310 g/mol. The van der Waals surface area contributed by atoms with Crippen LogP contribution >= 0.6 is 0 Å². The number of amides is 1. The average Bonchev–Trinajstić information content (AvgIpc) is 2.61. The molecule has 2 rings (SSSR count). The molecule has 0 fully saturated rings. The van der Waals surface area contributed by atoms with Gasteiger partial charge in [0.1, 0.15) is 18.1 Å². The lowest BCUT2D eigenvalue weighted by Gasteiger charge is -2.11. The number of hydrogen-bond donors (Lipinski definition) is 2. The van der Waals surface area contributed by atoms with Crippen molar-refractivity contribution in [2.24, 2.45) is 0 Å². The molecule has 2 aromatic rings. The van der Waals surface area contributed by atoms with Crippen LogP contribution in [0.1, 0.15) is 17.3 Å². The smallest absolute Gasteiger partial charge is 0.325 e. The van der Waals surface area contributed by atoms with Gasteiger partial charge in [0.2, 0.25) is 0 Å². The summed E-state index contributed by atoms with van der Waals surface area (Å²) in [6, 6.07) is 10.1. The Hall–Kier alpha value is -3.09. The van der Waals surface area contributed by atoms with Gasteiger partial charge in [-0.25, -0.2) is 4.98 Å². The molecule has 1 aromatic heterocycles. The molecule has 0 aliphatic carbocycles. The maximum atomic E-state index is 12.3. The monoisotopic (exact) mass is 329 g/mol. The first-order chi connectivity index (χ1) is 11.6. The van der Waals surface area contributed by atoms with Crippen LogP contribution in [-0.4, -0.2) is 37.1 Å². The highest BCUT2D eigenvalue weighted by Gasteiger charge is 2.11. The number of anilines is 2. The number of nitrogens with one attached hydrogen (secondary N) is 2. The molecule has 1 amide bonds. The molecule has 0 saturated heterocycles. The molecule has 0 unspecified atom stereocenters. The highest BCUT2D eigenvalue weighted by molar-refractivity contribution is 6.05. The second kappa shape index (κ2) is 8.52. The molecule has 2 N–H and O–H groups in total. The quantitative estimate of drug-likeness (QED) is 0.758. The Kier molecular flexibility index (Phi) is 6.13. The largest absolute Gasteiger partial charge is 0.497 e. The summed E-state index contributed by atoms with van der Waals surface area (Å²) in [4.78, 5) is 27.9. The van der Waals surface area contributed by atoms with Crippen molar-refractivity contribution >= 4 is 23.4 Å². The van der Waals surface area contributed by atoms with Crippen LogP contribution in [0.3, 0.4) is 0 Å². The lowest BCUT2D eigenvalue weighted by atomic mass is 10.2. The first-order valence-corrected chi connectivity index (χ1v) is 7.44. The maximum Gasteiger partial charge on any atom is 0.325 e. The first kappa shape index (κ1) is 17.3. The fourth-order valence-corrected chi connectivity index (χ4v) is 1.95. The van der Waals surface area contributed by atoms with Crippen LogP contribution in [0.5, 0.6) is 5.75 Å². The molecule has 1 aromatic carbocycles. The number of pyridine rings is 1. The van der Waals surface area contributed by atoms with Crippen LogP contribution in [0.2, 0.25) is 0 Å². The molecule has 126 valence electrons. The molecular formula is C17H19N3O4. The predicted octanol–water partition coefficient (Wildman–Crippen LogP) is 2.32. The van der Waals surface area contributed by atoms with Gasteiger partial charge in [0.05, 0.1) is 19.4 Å². The molecule has 0 aliphatic heterocycles. The Balaban J connectivity index is 2.05. The van der Waals surface area contributed by atoms with Gasteiger partial charge in [0, 0.05) is 11.8 Å². The van der Waals surface area contributed by atoms with E-state index in [1.165, 1.54) is 0 Å². The van der Waals surface area contributed by atoms with E-state index in [9.17, 15) is 9.59 Å². The number of carbonyl (C=O) groups excluding carboxylic acids is 2. The molecule has 0 aliphatic rings. The van der Waals surface area contributed by atoms with Crippen LogP contribution in [0.25, 0.3) is 0 Å². The van der Waals surface area contributed by atoms with E-state index in [2.05, 4.69) is 15.6 Å². The number of rotatable bonds is 7. The molecule has 1 heterocycles. The normalized spacial score (nSPS) is 9.92. The molecule has 24 heavy (non-hydrogen) atoms. The van der Waals surface area contributed by atoms with Crippen LogP contribution in [0, 0.1) is 0 Å².